The van der Waals surface area contributed by atoms with Gasteiger partial charge in [-0.1, -0.05) is 0 Å². The standard InChI is InChI=1S/C2H8O6P2.K.H/c1-2(9(3,4)5)10(6,7)8;;/h2H,1H3,(H2,3,4,5)(H2,6,7,8);;. The number of hydrogen-bond donors (Lipinski definition) is 4. The van der Waals surface area contributed by atoms with Gasteiger partial charge >= 0.3 is 66.6 Å². The summed E-state index contributed by atoms with van der Waals surface area (Å²) in [6.45, 7) is 0.807. The van der Waals surface area contributed by atoms with Crippen LogP contribution in [0.5, 0.6) is 0 Å². The molecule has 0 aromatic heterocycles. The van der Waals surface area contributed by atoms with Crippen molar-refractivity contribution in [3.8, 4) is 0 Å². The fourth-order valence-corrected chi connectivity index (χ4v) is 1.76. The van der Waals surface area contributed by atoms with Crippen LogP contribution in [0.4, 0.5) is 0 Å². The summed E-state index contributed by atoms with van der Waals surface area (Å²) in [5.74, 6) is 0. The van der Waals surface area contributed by atoms with Crippen molar-refractivity contribution in [3.05, 3.63) is 0 Å². The molecule has 0 aromatic rings. The molecule has 0 aliphatic heterocycles. The summed E-state index contributed by atoms with van der Waals surface area (Å²) in [6, 6.07) is 0. The van der Waals surface area contributed by atoms with Crippen LogP contribution in [0, 0.1) is 0 Å². The third-order valence-corrected chi connectivity index (χ3v) is 4.73. The molecule has 0 saturated heterocycles. The molecule has 9 heteroatoms. The van der Waals surface area contributed by atoms with E-state index in [-0.39, 0.29) is 51.4 Å². The van der Waals surface area contributed by atoms with Gasteiger partial charge in [0.15, 0.2) is 5.40 Å². The van der Waals surface area contributed by atoms with Crippen LogP contribution in [0.25, 0.3) is 0 Å². The SMILES string of the molecule is CC(P(=O)(O)O)P(=O)(O)O.[KH]. The number of rotatable bonds is 2. The zero-order valence-corrected chi connectivity index (χ0v) is 6.87. The molecule has 0 atom stereocenters. The Kier molecular flexibility index (Phi) is 6.97. The summed E-state index contributed by atoms with van der Waals surface area (Å²) in [6.07, 6.45) is 0. The van der Waals surface area contributed by atoms with Gasteiger partial charge in [-0.2, -0.15) is 0 Å². The molecule has 0 saturated carbocycles. The molecule has 0 unspecified atom stereocenters. The normalized spacial score (nSPS) is 12.9. The van der Waals surface area contributed by atoms with Gasteiger partial charge in [-0.15, -0.1) is 0 Å². The van der Waals surface area contributed by atoms with Gasteiger partial charge in [-0.05, 0) is 6.92 Å². The second kappa shape index (κ2) is 4.98. The van der Waals surface area contributed by atoms with Crippen molar-refractivity contribution in [2.24, 2.45) is 0 Å². The first-order valence-electron chi connectivity index (χ1n) is 2.26. The van der Waals surface area contributed by atoms with E-state index < -0.39 is 20.6 Å². The Hall–Kier alpha value is 1.94. The molecule has 0 rings (SSSR count). The third kappa shape index (κ3) is 6.07. The average Bonchev–Trinajstić information content (AvgIpc) is 1.59. The molecule has 0 aliphatic carbocycles. The summed E-state index contributed by atoms with van der Waals surface area (Å²) < 4.78 is 20.4. The van der Waals surface area contributed by atoms with Gasteiger partial charge in [0.1, 0.15) is 0 Å². The first-order chi connectivity index (χ1) is 4.15. The van der Waals surface area contributed by atoms with Crippen molar-refractivity contribution in [2.45, 2.75) is 12.3 Å². The second-order valence-electron chi connectivity index (χ2n) is 1.81. The van der Waals surface area contributed by atoms with Crippen LogP contribution in [0.3, 0.4) is 0 Å². The molecular formula is C2H9KO6P2. The maximum atomic E-state index is 10.2. The van der Waals surface area contributed by atoms with Crippen LogP contribution in [0.1, 0.15) is 6.92 Å². The van der Waals surface area contributed by atoms with Gasteiger partial charge in [0.25, 0.3) is 0 Å². The molecule has 0 bridgehead atoms. The molecule has 0 amide bonds. The molecule has 0 aliphatic rings. The summed E-state index contributed by atoms with van der Waals surface area (Å²) in [7, 11) is -9.28. The fraction of sp³-hybridized carbons (Fsp3) is 1.00. The predicted octanol–water partition coefficient (Wildman–Crippen LogP) is -0.961. The van der Waals surface area contributed by atoms with Crippen molar-refractivity contribution in [1.29, 1.82) is 0 Å². The average molecular weight is 230 g/mol. The number of hydrogen-bond acceptors (Lipinski definition) is 2. The van der Waals surface area contributed by atoms with E-state index in [4.69, 9.17) is 19.6 Å². The molecule has 0 spiro atoms. The zero-order valence-electron chi connectivity index (χ0n) is 5.08. The summed E-state index contributed by atoms with van der Waals surface area (Å²) >= 11 is 0. The van der Waals surface area contributed by atoms with Crippen molar-refractivity contribution >= 4 is 66.6 Å². The summed E-state index contributed by atoms with van der Waals surface area (Å²) in [4.78, 5) is 33.0. The van der Waals surface area contributed by atoms with Gasteiger partial charge < -0.3 is 19.6 Å². The minimum atomic E-state index is -4.64. The van der Waals surface area contributed by atoms with E-state index in [9.17, 15) is 9.13 Å². The van der Waals surface area contributed by atoms with Crippen LogP contribution in [-0.4, -0.2) is 76.4 Å². The van der Waals surface area contributed by atoms with Gasteiger partial charge in [-0.3, -0.25) is 9.13 Å². The Balaban J connectivity index is 0. The van der Waals surface area contributed by atoms with Crippen molar-refractivity contribution in [2.75, 3.05) is 0 Å². The van der Waals surface area contributed by atoms with E-state index in [0.717, 1.165) is 6.92 Å². The Morgan fingerprint density at radius 1 is 1.00 bits per heavy atom. The molecular weight excluding hydrogens is 221 g/mol. The van der Waals surface area contributed by atoms with Crippen LogP contribution < -0.4 is 0 Å². The van der Waals surface area contributed by atoms with Crippen molar-refractivity contribution < 1.29 is 28.7 Å². The van der Waals surface area contributed by atoms with Gasteiger partial charge in [0, 0.05) is 0 Å². The molecule has 0 fully saturated rings. The van der Waals surface area contributed by atoms with Crippen molar-refractivity contribution in [1.82, 2.24) is 0 Å². The monoisotopic (exact) mass is 230 g/mol. The zero-order chi connectivity index (χ0) is 8.58. The van der Waals surface area contributed by atoms with Gasteiger partial charge in [0.2, 0.25) is 0 Å². The summed E-state index contributed by atoms with van der Waals surface area (Å²) in [5, 5.41) is -1.90. The minimum absolute atomic E-state index is 0. The Bertz CT molecular complexity index is 181. The molecule has 0 radical (unpaired) electrons. The molecule has 6 nitrogen and oxygen atoms in total. The molecule has 64 valence electrons. The van der Waals surface area contributed by atoms with Gasteiger partial charge in [0.05, 0.1) is 0 Å². The van der Waals surface area contributed by atoms with E-state index in [1.165, 1.54) is 0 Å². The molecule has 4 N–H and O–H groups in total. The molecule has 0 aromatic carbocycles. The van der Waals surface area contributed by atoms with Crippen LogP contribution in [-0.2, 0) is 9.13 Å². The van der Waals surface area contributed by atoms with Gasteiger partial charge in [-0.25, -0.2) is 0 Å². The molecule has 11 heavy (non-hydrogen) atoms. The summed E-state index contributed by atoms with van der Waals surface area (Å²) in [5.41, 5.74) is 0. The van der Waals surface area contributed by atoms with E-state index in [0.29, 0.717) is 0 Å². The van der Waals surface area contributed by atoms with Crippen LogP contribution >= 0.6 is 15.2 Å². The van der Waals surface area contributed by atoms with Crippen LogP contribution in [0.15, 0.2) is 0 Å². The van der Waals surface area contributed by atoms with E-state index in [1.807, 2.05) is 0 Å². The van der Waals surface area contributed by atoms with Crippen LogP contribution in [0.2, 0.25) is 0 Å². The quantitative estimate of drug-likeness (QED) is 0.358. The fourth-order valence-electron chi connectivity index (χ4n) is 0.196. The Labute approximate surface area is 106 Å². The maximum absolute atomic E-state index is 10.2. The Morgan fingerprint density at radius 3 is 1.18 bits per heavy atom. The van der Waals surface area contributed by atoms with E-state index >= 15 is 0 Å². The van der Waals surface area contributed by atoms with E-state index in [1.54, 1.807) is 0 Å². The molecule has 0 heterocycles. The third-order valence-electron chi connectivity index (χ3n) is 0.974. The topological polar surface area (TPSA) is 115 Å². The van der Waals surface area contributed by atoms with E-state index in [2.05, 4.69) is 0 Å². The second-order valence-corrected chi connectivity index (χ2v) is 6.12. The Morgan fingerprint density at radius 2 is 1.18 bits per heavy atom. The van der Waals surface area contributed by atoms with Crippen molar-refractivity contribution in [3.63, 3.8) is 0 Å². The first-order valence-corrected chi connectivity index (χ1v) is 5.62. The predicted molar refractivity (Wildman–Crippen MR) is 40.7 cm³/mol. The first kappa shape index (κ1) is 15.4.